The summed E-state index contributed by atoms with van der Waals surface area (Å²) in [4.78, 5) is 3.12. The van der Waals surface area contributed by atoms with Gasteiger partial charge in [-0.05, 0) is 15.9 Å². The Morgan fingerprint density at radius 2 is 2.07 bits per heavy atom. The van der Waals surface area contributed by atoms with Gasteiger partial charge in [0.2, 0.25) is 5.95 Å². The molecule has 1 aromatic heterocycles. The molecule has 0 fully saturated rings. The monoisotopic (exact) mass is 284 g/mol. The molecule has 0 N–H and O–H groups in total. The summed E-state index contributed by atoms with van der Waals surface area (Å²) in [7, 11) is 0. The lowest BCUT2D eigenvalue weighted by molar-refractivity contribution is -0.274. The molecule has 1 aromatic rings. The van der Waals surface area contributed by atoms with Crippen molar-refractivity contribution in [3.8, 4) is 11.8 Å². The lowest BCUT2D eigenvalue weighted by Crippen LogP contribution is -2.18. The molecular weight excluding hydrogens is 284 g/mol. The molecule has 0 aliphatic rings. The molecule has 0 aliphatic carbocycles. The van der Waals surface area contributed by atoms with E-state index in [4.69, 9.17) is 5.26 Å². The highest BCUT2D eigenvalue weighted by molar-refractivity contribution is 9.10. The summed E-state index contributed by atoms with van der Waals surface area (Å²) >= 11 is 2.64. The molecule has 0 atom stereocenters. The Kier molecular flexibility index (Phi) is 3.14. The van der Waals surface area contributed by atoms with Crippen LogP contribution in [0.3, 0.4) is 0 Å². The minimum atomic E-state index is -4.99. The van der Waals surface area contributed by atoms with Gasteiger partial charge in [0.1, 0.15) is 16.2 Å². The molecule has 0 saturated heterocycles. The summed E-state index contributed by atoms with van der Waals surface area (Å²) in [6, 6.07) is 1.80. The zero-order valence-corrected chi connectivity index (χ0v) is 8.36. The van der Waals surface area contributed by atoms with Gasteiger partial charge in [-0.15, -0.1) is 13.2 Å². The number of nitrogens with zero attached hydrogens (tertiary/aromatic N) is 2. The summed E-state index contributed by atoms with van der Waals surface area (Å²) in [6.07, 6.45) is -4.99. The maximum Gasteiger partial charge on any atom is 0.573 e. The van der Waals surface area contributed by atoms with E-state index in [1.807, 2.05) is 0 Å². The van der Waals surface area contributed by atoms with E-state index in [0.29, 0.717) is 6.07 Å². The van der Waals surface area contributed by atoms with Crippen LogP contribution in [-0.4, -0.2) is 11.3 Å². The van der Waals surface area contributed by atoms with Crippen LogP contribution >= 0.6 is 15.9 Å². The molecule has 0 radical (unpaired) electrons. The van der Waals surface area contributed by atoms with Gasteiger partial charge in [0.05, 0.1) is 0 Å². The molecule has 3 nitrogen and oxygen atoms in total. The number of nitriles is 1. The van der Waals surface area contributed by atoms with E-state index < -0.39 is 23.6 Å². The van der Waals surface area contributed by atoms with Gasteiger partial charge < -0.3 is 4.74 Å². The second kappa shape index (κ2) is 4.02. The number of hydrogen-bond donors (Lipinski definition) is 0. The Morgan fingerprint density at radius 3 is 2.53 bits per heavy atom. The van der Waals surface area contributed by atoms with Gasteiger partial charge in [-0.2, -0.15) is 9.65 Å². The van der Waals surface area contributed by atoms with Crippen LogP contribution in [0.2, 0.25) is 0 Å². The smallest absolute Gasteiger partial charge is 0.404 e. The molecule has 0 amide bonds. The predicted octanol–water partition coefficient (Wildman–Crippen LogP) is 2.75. The first-order valence-electron chi connectivity index (χ1n) is 3.35. The number of alkyl halides is 3. The van der Waals surface area contributed by atoms with Crippen LogP contribution in [0.4, 0.5) is 17.6 Å². The van der Waals surface area contributed by atoms with Crippen molar-refractivity contribution >= 4 is 15.9 Å². The highest BCUT2D eigenvalue weighted by atomic mass is 79.9. The molecule has 0 unspecified atom stereocenters. The fourth-order valence-electron chi connectivity index (χ4n) is 0.770. The van der Waals surface area contributed by atoms with Crippen molar-refractivity contribution in [2.45, 2.75) is 6.36 Å². The van der Waals surface area contributed by atoms with Gasteiger partial charge in [-0.25, -0.2) is 4.98 Å². The predicted molar refractivity (Wildman–Crippen MR) is 43.3 cm³/mol. The third-order valence-corrected chi connectivity index (χ3v) is 1.82. The van der Waals surface area contributed by atoms with Gasteiger partial charge in [-0.1, -0.05) is 0 Å². The largest absolute Gasteiger partial charge is 0.573 e. The molecule has 15 heavy (non-hydrogen) atoms. The Balaban J connectivity index is 3.23. The maximum absolute atomic E-state index is 12.6. The number of ether oxygens (including phenoxy) is 1. The van der Waals surface area contributed by atoms with Crippen molar-refractivity contribution in [2.75, 3.05) is 0 Å². The summed E-state index contributed by atoms with van der Waals surface area (Å²) in [5.74, 6) is -2.11. The summed E-state index contributed by atoms with van der Waals surface area (Å²) in [6.45, 7) is 0. The Bertz CT molecular complexity index is 426. The molecule has 0 bridgehead atoms. The zero-order chi connectivity index (χ0) is 11.6. The third kappa shape index (κ3) is 3.06. The van der Waals surface area contributed by atoms with Crippen molar-refractivity contribution in [2.24, 2.45) is 0 Å². The molecule has 1 heterocycles. The van der Waals surface area contributed by atoms with Gasteiger partial charge in [0.15, 0.2) is 5.75 Å². The first kappa shape index (κ1) is 11.7. The van der Waals surface area contributed by atoms with Crippen LogP contribution < -0.4 is 4.74 Å². The molecule has 0 aromatic carbocycles. The minimum Gasteiger partial charge on any atom is -0.404 e. The van der Waals surface area contributed by atoms with E-state index in [2.05, 4.69) is 25.7 Å². The fraction of sp³-hybridized carbons (Fsp3) is 0.143. The average Bonchev–Trinajstić information content (AvgIpc) is 1.99. The topological polar surface area (TPSA) is 45.9 Å². The Hall–Kier alpha value is -1.36. The number of pyridine rings is 1. The molecule has 0 saturated carbocycles. The lowest BCUT2D eigenvalue weighted by Gasteiger charge is -2.10. The standard InChI is InChI=1S/C7HBrF4N2O/c8-6-3(2-13)4(1-5(9)14-6)15-7(10,11)12/h1H. The van der Waals surface area contributed by atoms with E-state index in [9.17, 15) is 17.6 Å². The molecule has 80 valence electrons. The van der Waals surface area contributed by atoms with Crippen LogP contribution in [0, 0.1) is 17.3 Å². The molecule has 8 heteroatoms. The first-order valence-corrected chi connectivity index (χ1v) is 4.14. The summed E-state index contributed by atoms with van der Waals surface area (Å²) < 4.78 is 51.2. The van der Waals surface area contributed by atoms with Crippen molar-refractivity contribution in [1.82, 2.24) is 4.98 Å². The van der Waals surface area contributed by atoms with Gasteiger partial charge >= 0.3 is 6.36 Å². The van der Waals surface area contributed by atoms with Crippen molar-refractivity contribution in [1.29, 1.82) is 5.26 Å². The molecule has 0 aliphatic heterocycles. The molecule has 0 spiro atoms. The van der Waals surface area contributed by atoms with E-state index in [1.165, 1.54) is 6.07 Å². The Labute approximate surface area is 89.4 Å². The van der Waals surface area contributed by atoms with Gasteiger partial charge in [-0.3, -0.25) is 0 Å². The van der Waals surface area contributed by atoms with Crippen molar-refractivity contribution in [3.63, 3.8) is 0 Å². The summed E-state index contributed by atoms with van der Waals surface area (Å²) in [5, 5.41) is 8.50. The normalized spacial score (nSPS) is 10.9. The number of aromatic nitrogens is 1. The zero-order valence-electron chi connectivity index (χ0n) is 6.77. The lowest BCUT2D eigenvalue weighted by atomic mass is 10.3. The summed E-state index contributed by atoms with van der Waals surface area (Å²) in [5.41, 5.74) is -0.520. The number of halogens is 5. The molecule has 1 rings (SSSR count). The highest BCUT2D eigenvalue weighted by Gasteiger charge is 2.33. The third-order valence-electron chi connectivity index (χ3n) is 1.25. The SMILES string of the molecule is N#Cc1c(OC(F)(F)F)cc(F)nc1Br. The number of hydrogen-bond acceptors (Lipinski definition) is 3. The first-order chi connectivity index (χ1) is 6.83. The average molecular weight is 285 g/mol. The Morgan fingerprint density at radius 1 is 1.47 bits per heavy atom. The minimum absolute atomic E-state index is 0.343. The highest BCUT2D eigenvalue weighted by Crippen LogP contribution is 2.30. The fourth-order valence-corrected chi connectivity index (χ4v) is 1.22. The van der Waals surface area contributed by atoms with Crippen LogP contribution in [0.25, 0.3) is 0 Å². The molecular formula is C7HBrF4N2O. The number of rotatable bonds is 1. The van der Waals surface area contributed by atoms with E-state index in [-0.39, 0.29) is 4.60 Å². The van der Waals surface area contributed by atoms with Crippen LogP contribution in [0.5, 0.6) is 5.75 Å². The maximum atomic E-state index is 12.6. The quantitative estimate of drug-likeness (QED) is 0.588. The van der Waals surface area contributed by atoms with Gasteiger partial charge in [0, 0.05) is 6.07 Å². The van der Waals surface area contributed by atoms with Crippen molar-refractivity contribution < 1.29 is 22.3 Å². The van der Waals surface area contributed by atoms with E-state index >= 15 is 0 Å². The van der Waals surface area contributed by atoms with Crippen LogP contribution in [0.15, 0.2) is 10.7 Å². The van der Waals surface area contributed by atoms with E-state index in [1.54, 1.807) is 0 Å². The second-order valence-electron chi connectivity index (χ2n) is 2.27. The van der Waals surface area contributed by atoms with Gasteiger partial charge in [0.25, 0.3) is 0 Å². The van der Waals surface area contributed by atoms with Crippen LogP contribution in [-0.2, 0) is 0 Å². The second-order valence-corrected chi connectivity index (χ2v) is 3.02. The van der Waals surface area contributed by atoms with Crippen molar-refractivity contribution in [3.05, 3.63) is 22.2 Å². The van der Waals surface area contributed by atoms with E-state index in [0.717, 1.165) is 0 Å². The van der Waals surface area contributed by atoms with Crippen LogP contribution in [0.1, 0.15) is 5.56 Å².